The van der Waals surface area contributed by atoms with Crippen molar-refractivity contribution in [3.8, 4) is 5.75 Å². The van der Waals surface area contributed by atoms with Gasteiger partial charge in [-0.05, 0) is 24.3 Å². The molecule has 7 nitrogen and oxygen atoms in total. The highest BCUT2D eigenvalue weighted by molar-refractivity contribution is 7.14. The molecule has 0 radical (unpaired) electrons. The van der Waals surface area contributed by atoms with Crippen LogP contribution in [0, 0.1) is 0 Å². The van der Waals surface area contributed by atoms with Crippen LogP contribution in [-0.2, 0) is 6.54 Å². The molecule has 4 rings (SSSR count). The van der Waals surface area contributed by atoms with E-state index in [4.69, 9.17) is 4.74 Å². The van der Waals surface area contributed by atoms with Crippen molar-refractivity contribution in [1.82, 2.24) is 20.1 Å². The van der Waals surface area contributed by atoms with E-state index in [9.17, 15) is 4.79 Å². The van der Waals surface area contributed by atoms with E-state index in [2.05, 4.69) is 27.4 Å². The Balaban J connectivity index is 1.46. The van der Waals surface area contributed by atoms with Crippen LogP contribution in [0.3, 0.4) is 0 Å². The summed E-state index contributed by atoms with van der Waals surface area (Å²) in [5.74, 6) is 0.979. The number of aromatic nitrogens is 3. The number of nitrogens with zero attached hydrogens (tertiary/aromatic N) is 3. The molecular weight excluding hydrogens is 350 g/mol. The lowest BCUT2D eigenvalue weighted by Gasteiger charge is -2.30. The first-order valence-electron chi connectivity index (χ1n) is 8.32. The summed E-state index contributed by atoms with van der Waals surface area (Å²) in [4.78, 5) is 19.1. The first kappa shape index (κ1) is 16.6. The Morgan fingerprint density at radius 3 is 2.96 bits per heavy atom. The van der Waals surface area contributed by atoms with Crippen molar-refractivity contribution in [2.75, 3.05) is 19.0 Å². The van der Waals surface area contributed by atoms with E-state index in [-0.39, 0.29) is 11.8 Å². The second-order valence-electron chi connectivity index (χ2n) is 6.29. The topological polar surface area (TPSA) is 83.1 Å². The van der Waals surface area contributed by atoms with Crippen molar-refractivity contribution in [3.05, 3.63) is 52.8 Å². The number of anilines is 2. The molecule has 0 aliphatic carbocycles. The number of rotatable bonds is 4. The monoisotopic (exact) mass is 369 g/mol. The van der Waals surface area contributed by atoms with Gasteiger partial charge < -0.3 is 15.0 Å². The molecule has 1 amide bonds. The molecule has 26 heavy (non-hydrogen) atoms. The lowest BCUT2D eigenvalue weighted by atomic mass is 9.98. The Hall–Kier alpha value is -2.87. The van der Waals surface area contributed by atoms with Gasteiger partial charge in [-0.2, -0.15) is 5.10 Å². The number of nitrogens with one attached hydrogen (secondary N) is 2. The number of methoxy groups -OCH3 is 1. The van der Waals surface area contributed by atoms with Crippen molar-refractivity contribution in [2.24, 2.45) is 0 Å². The van der Waals surface area contributed by atoms with E-state index < -0.39 is 0 Å². The molecule has 0 fully saturated rings. The van der Waals surface area contributed by atoms with Gasteiger partial charge in [0.15, 0.2) is 5.13 Å². The minimum atomic E-state index is -0.0530. The number of carbonyl (C=O) groups is 1. The first-order valence-corrected chi connectivity index (χ1v) is 9.20. The van der Waals surface area contributed by atoms with Gasteiger partial charge in [0, 0.05) is 41.3 Å². The van der Waals surface area contributed by atoms with Crippen LogP contribution in [-0.4, -0.2) is 39.6 Å². The number of thiazole rings is 1. The quantitative estimate of drug-likeness (QED) is 0.737. The van der Waals surface area contributed by atoms with Gasteiger partial charge in [-0.25, -0.2) is 4.98 Å². The summed E-state index contributed by atoms with van der Waals surface area (Å²) < 4.78 is 5.15. The van der Waals surface area contributed by atoms with E-state index >= 15 is 0 Å². The normalized spacial score (nSPS) is 16.2. The third kappa shape index (κ3) is 3.15. The highest BCUT2D eigenvalue weighted by atomic mass is 32.1. The predicted octanol–water partition coefficient (Wildman–Crippen LogP) is 3.38. The summed E-state index contributed by atoms with van der Waals surface area (Å²) in [6.07, 6.45) is 1.79. The lowest BCUT2D eigenvalue weighted by molar-refractivity contribution is 0.0715. The van der Waals surface area contributed by atoms with E-state index in [0.717, 1.165) is 22.7 Å². The number of amides is 1. The van der Waals surface area contributed by atoms with E-state index in [0.29, 0.717) is 23.9 Å². The summed E-state index contributed by atoms with van der Waals surface area (Å²) in [6.45, 7) is 3.31. The van der Waals surface area contributed by atoms with Crippen LogP contribution in [0.4, 0.5) is 10.8 Å². The van der Waals surface area contributed by atoms with Crippen LogP contribution in [0.1, 0.15) is 34.6 Å². The largest absolute Gasteiger partial charge is 0.497 e. The molecule has 0 spiro atoms. The van der Waals surface area contributed by atoms with Crippen molar-refractivity contribution < 1.29 is 9.53 Å². The molecule has 1 aromatic carbocycles. The second-order valence-corrected chi connectivity index (χ2v) is 7.15. The molecule has 0 bridgehead atoms. The molecule has 0 saturated carbocycles. The minimum absolute atomic E-state index is 0.0530. The average molecular weight is 369 g/mol. The Bertz CT molecular complexity index is 918. The first-order chi connectivity index (χ1) is 12.6. The number of hydrogen-bond acceptors (Lipinski definition) is 6. The summed E-state index contributed by atoms with van der Waals surface area (Å²) in [5.41, 5.74) is 3.55. The van der Waals surface area contributed by atoms with Gasteiger partial charge in [0.25, 0.3) is 5.91 Å². The number of fused-ring (bicyclic) bond motifs is 1. The molecule has 0 saturated heterocycles. The third-order valence-electron chi connectivity index (χ3n) is 4.45. The molecule has 1 aliphatic heterocycles. The molecule has 2 N–H and O–H groups in total. The van der Waals surface area contributed by atoms with E-state index in [1.165, 1.54) is 11.3 Å². The summed E-state index contributed by atoms with van der Waals surface area (Å²) in [7, 11) is 1.63. The van der Waals surface area contributed by atoms with Crippen LogP contribution >= 0.6 is 11.3 Å². The van der Waals surface area contributed by atoms with Gasteiger partial charge in [0.1, 0.15) is 11.4 Å². The Labute approximate surface area is 155 Å². The van der Waals surface area contributed by atoms with Crippen LogP contribution in [0.15, 0.2) is 35.8 Å². The van der Waals surface area contributed by atoms with Crippen LogP contribution in [0.2, 0.25) is 0 Å². The maximum absolute atomic E-state index is 12.8. The molecular formula is C18H19N5O2S. The second kappa shape index (κ2) is 6.80. The molecule has 2 aromatic heterocycles. The highest BCUT2D eigenvalue weighted by Crippen LogP contribution is 2.28. The minimum Gasteiger partial charge on any atom is -0.497 e. The standard InChI is InChI=1S/C18H19N5O2S/c1-11-8-23(9-12-7-19-22-16(11)12)17(24)15-10-26-18(21-15)20-13-3-5-14(25-2)6-4-13/h3-7,10-11H,8-9H2,1-2H3,(H,19,22)(H,20,21). The Morgan fingerprint density at radius 2 is 2.19 bits per heavy atom. The predicted molar refractivity (Wildman–Crippen MR) is 100 cm³/mol. The lowest BCUT2D eigenvalue weighted by Crippen LogP contribution is -2.37. The maximum atomic E-state index is 12.8. The zero-order valence-corrected chi connectivity index (χ0v) is 15.3. The van der Waals surface area contributed by atoms with Gasteiger partial charge in [0.2, 0.25) is 0 Å². The highest BCUT2D eigenvalue weighted by Gasteiger charge is 2.28. The SMILES string of the molecule is COc1ccc(Nc2nc(C(=O)N3Cc4cn[nH]c4C(C)C3)cs2)cc1. The van der Waals surface area contributed by atoms with Crippen molar-refractivity contribution in [1.29, 1.82) is 0 Å². The molecule has 8 heteroatoms. The molecule has 134 valence electrons. The Morgan fingerprint density at radius 1 is 1.38 bits per heavy atom. The van der Waals surface area contributed by atoms with Crippen molar-refractivity contribution in [2.45, 2.75) is 19.4 Å². The number of carbonyl (C=O) groups excluding carboxylic acids is 1. The number of H-pyrrole nitrogens is 1. The number of aromatic amines is 1. The van der Waals surface area contributed by atoms with Gasteiger partial charge >= 0.3 is 0 Å². The smallest absolute Gasteiger partial charge is 0.273 e. The van der Waals surface area contributed by atoms with Crippen molar-refractivity contribution >= 4 is 28.1 Å². The third-order valence-corrected chi connectivity index (χ3v) is 5.21. The van der Waals surface area contributed by atoms with Crippen LogP contribution in [0.25, 0.3) is 0 Å². The van der Waals surface area contributed by atoms with Crippen molar-refractivity contribution in [3.63, 3.8) is 0 Å². The maximum Gasteiger partial charge on any atom is 0.273 e. The fourth-order valence-electron chi connectivity index (χ4n) is 3.11. The fourth-order valence-corrected chi connectivity index (χ4v) is 3.81. The zero-order chi connectivity index (χ0) is 18.1. The van der Waals surface area contributed by atoms with Gasteiger partial charge in [-0.15, -0.1) is 11.3 Å². The van der Waals surface area contributed by atoms with Gasteiger partial charge in [0.05, 0.1) is 13.3 Å². The molecule has 1 unspecified atom stereocenters. The molecule has 3 heterocycles. The molecule has 3 aromatic rings. The number of ether oxygens (including phenoxy) is 1. The van der Waals surface area contributed by atoms with Crippen LogP contribution < -0.4 is 10.1 Å². The fraction of sp³-hybridized carbons (Fsp3) is 0.278. The zero-order valence-electron chi connectivity index (χ0n) is 14.5. The number of benzene rings is 1. The molecule has 1 atom stereocenters. The van der Waals surface area contributed by atoms with Crippen LogP contribution in [0.5, 0.6) is 5.75 Å². The Kier molecular flexibility index (Phi) is 4.34. The summed E-state index contributed by atoms with van der Waals surface area (Å²) in [5, 5.41) is 12.8. The average Bonchev–Trinajstić information content (AvgIpc) is 3.31. The summed E-state index contributed by atoms with van der Waals surface area (Å²) in [6, 6.07) is 7.57. The van der Waals surface area contributed by atoms with E-state index in [1.807, 2.05) is 29.2 Å². The molecule has 1 aliphatic rings. The number of hydrogen-bond donors (Lipinski definition) is 2. The summed E-state index contributed by atoms with van der Waals surface area (Å²) >= 11 is 1.42. The van der Waals surface area contributed by atoms with E-state index in [1.54, 1.807) is 18.7 Å². The van der Waals surface area contributed by atoms with Gasteiger partial charge in [-0.3, -0.25) is 9.89 Å². The van der Waals surface area contributed by atoms with Gasteiger partial charge in [-0.1, -0.05) is 6.92 Å².